The van der Waals surface area contributed by atoms with E-state index in [4.69, 9.17) is 0 Å². The summed E-state index contributed by atoms with van der Waals surface area (Å²) in [4.78, 5) is 25.2. The van der Waals surface area contributed by atoms with Crippen molar-refractivity contribution in [1.82, 2.24) is 46.4 Å². The first-order valence-electron chi connectivity index (χ1n) is 6.64. The molecule has 0 bridgehead atoms. The number of nitrogens with zero attached hydrogens (tertiary/aromatic N) is 5. The van der Waals surface area contributed by atoms with Crippen LogP contribution in [-0.2, 0) is 0 Å². The first kappa shape index (κ1) is 15.6. The summed E-state index contributed by atoms with van der Waals surface area (Å²) in [5.41, 5.74) is 0.645. The van der Waals surface area contributed by atoms with Crippen molar-refractivity contribution in [2.45, 2.75) is 0 Å². The Labute approximate surface area is 125 Å². The number of rotatable bonds is 8. The van der Waals surface area contributed by atoms with Gasteiger partial charge in [-0.25, -0.2) is 0 Å². The van der Waals surface area contributed by atoms with Crippen molar-refractivity contribution < 1.29 is 9.59 Å². The number of hydrogen-bond donors (Lipinski definition) is 4. The summed E-state index contributed by atoms with van der Waals surface area (Å²) >= 11 is 0. The van der Waals surface area contributed by atoms with Crippen molar-refractivity contribution in [3.63, 3.8) is 0 Å². The number of carbonyl (C=O) groups is 2. The molecule has 0 aliphatic rings. The lowest BCUT2D eigenvalue weighted by atomic mass is 10.4. The highest BCUT2D eigenvalue weighted by atomic mass is 16.2. The van der Waals surface area contributed by atoms with Crippen molar-refractivity contribution in [1.29, 1.82) is 0 Å². The molecular weight excluding hydrogens is 290 g/mol. The largest absolute Gasteiger partial charge is 0.349 e. The van der Waals surface area contributed by atoms with E-state index in [9.17, 15) is 9.59 Å². The highest BCUT2D eigenvalue weighted by molar-refractivity contribution is 5.92. The second-order valence-corrected chi connectivity index (χ2v) is 4.56. The molecule has 11 heteroatoms. The Hall–Kier alpha value is -2.82. The first-order chi connectivity index (χ1) is 10.7. The molecule has 0 atom stereocenters. The quantitative estimate of drug-likeness (QED) is 0.442. The minimum Gasteiger partial charge on any atom is -0.349 e. The van der Waals surface area contributed by atoms with Gasteiger partial charge in [0.15, 0.2) is 0 Å². The number of hydrogen-bond acceptors (Lipinski definition) is 7. The van der Waals surface area contributed by atoms with Crippen LogP contribution in [0.25, 0.3) is 0 Å². The van der Waals surface area contributed by atoms with Gasteiger partial charge in [-0.2, -0.15) is 0 Å². The zero-order chi connectivity index (χ0) is 15.8. The van der Waals surface area contributed by atoms with E-state index in [2.05, 4.69) is 41.5 Å². The van der Waals surface area contributed by atoms with Crippen LogP contribution in [0.15, 0.2) is 12.4 Å². The lowest BCUT2D eigenvalue weighted by molar-refractivity contribution is 0.0943. The molecule has 22 heavy (non-hydrogen) atoms. The molecule has 2 aromatic heterocycles. The summed E-state index contributed by atoms with van der Waals surface area (Å²) in [5.74, 6) is -0.503. The Bertz CT molecular complexity index is 528. The minimum absolute atomic E-state index is 0.251. The first-order valence-corrected chi connectivity index (χ1v) is 6.64. The van der Waals surface area contributed by atoms with Gasteiger partial charge in [0.25, 0.3) is 11.8 Å². The van der Waals surface area contributed by atoms with E-state index in [1.807, 2.05) is 11.9 Å². The van der Waals surface area contributed by atoms with Crippen molar-refractivity contribution in [3.05, 3.63) is 23.8 Å². The van der Waals surface area contributed by atoms with Crippen LogP contribution in [0.3, 0.4) is 0 Å². The lowest BCUT2D eigenvalue weighted by Crippen LogP contribution is -2.37. The second kappa shape index (κ2) is 7.83. The number of carbonyl (C=O) groups excluding carboxylic acids is 2. The normalized spacial score (nSPS) is 10.6. The molecule has 0 spiro atoms. The maximum Gasteiger partial charge on any atom is 0.271 e. The average Bonchev–Trinajstić information content (AvgIpc) is 3.20. The monoisotopic (exact) mass is 307 g/mol. The fraction of sp³-hybridized carbons (Fsp3) is 0.455. The van der Waals surface area contributed by atoms with Gasteiger partial charge < -0.3 is 15.5 Å². The number of aromatic amines is 2. The number of likely N-dealkylation sites (N-methyl/N-ethyl adjacent to an activating group) is 1. The topological polar surface area (TPSA) is 145 Å². The zero-order valence-corrected chi connectivity index (χ0v) is 12.0. The van der Waals surface area contributed by atoms with Crippen LogP contribution in [0.1, 0.15) is 21.0 Å². The molecule has 2 amide bonds. The van der Waals surface area contributed by atoms with Crippen LogP contribution < -0.4 is 10.6 Å². The molecule has 0 saturated heterocycles. The molecule has 118 valence electrons. The van der Waals surface area contributed by atoms with Crippen molar-refractivity contribution in [3.8, 4) is 0 Å². The van der Waals surface area contributed by atoms with E-state index in [0.29, 0.717) is 37.6 Å². The Morgan fingerprint density at radius 2 is 1.45 bits per heavy atom. The highest BCUT2D eigenvalue weighted by Crippen LogP contribution is 1.89. The predicted molar refractivity (Wildman–Crippen MR) is 74.9 cm³/mol. The third kappa shape index (κ3) is 4.63. The SMILES string of the molecule is CN(CCNC(=O)c1cnn[nH]1)CCNC(=O)c1cnn[nH]1. The van der Waals surface area contributed by atoms with Gasteiger partial charge in [-0.3, -0.25) is 19.8 Å². The Kier molecular flexibility index (Phi) is 5.54. The summed E-state index contributed by atoms with van der Waals surface area (Å²) in [6.45, 7) is 2.25. The Morgan fingerprint density at radius 1 is 1.00 bits per heavy atom. The van der Waals surface area contributed by atoms with Crippen LogP contribution in [0.2, 0.25) is 0 Å². The van der Waals surface area contributed by atoms with Gasteiger partial charge in [-0.15, -0.1) is 10.2 Å². The molecule has 0 aromatic carbocycles. The number of nitrogens with one attached hydrogen (secondary N) is 4. The van der Waals surface area contributed by atoms with E-state index in [-0.39, 0.29) is 11.8 Å². The third-order valence-electron chi connectivity index (χ3n) is 2.88. The van der Waals surface area contributed by atoms with E-state index < -0.39 is 0 Å². The predicted octanol–water partition coefficient (Wildman–Crippen LogP) is -1.99. The maximum absolute atomic E-state index is 11.6. The lowest BCUT2D eigenvalue weighted by Gasteiger charge is -2.16. The maximum atomic E-state index is 11.6. The van der Waals surface area contributed by atoms with Crippen molar-refractivity contribution >= 4 is 11.8 Å². The second-order valence-electron chi connectivity index (χ2n) is 4.56. The van der Waals surface area contributed by atoms with E-state index in [0.717, 1.165) is 0 Å². The standard InChI is InChI=1S/C11H17N9O2/c1-20(4-2-12-10(21)8-6-14-18-16-8)5-3-13-11(22)9-7-15-19-17-9/h6-7H,2-5H2,1H3,(H,12,21)(H,13,22)(H,14,16,18)(H,15,17,19). The van der Waals surface area contributed by atoms with Gasteiger partial charge in [-0.1, -0.05) is 10.4 Å². The molecule has 11 nitrogen and oxygen atoms in total. The van der Waals surface area contributed by atoms with Gasteiger partial charge in [0.05, 0.1) is 12.4 Å². The molecular formula is C11H17N9O2. The zero-order valence-electron chi connectivity index (χ0n) is 12.0. The average molecular weight is 307 g/mol. The summed E-state index contributed by atoms with van der Waals surface area (Å²) in [6, 6.07) is 0. The Balaban J connectivity index is 1.57. The van der Waals surface area contributed by atoms with Crippen molar-refractivity contribution in [2.75, 3.05) is 33.2 Å². The van der Waals surface area contributed by atoms with E-state index >= 15 is 0 Å². The molecule has 4 N–H and O–H groups in total. The Morgan fingerprint density at radius 3 is 1.82 bits per heavy atom. The number of H-pyrrole nitrogens is 2. The summed E-state index contributed by atoms with van der Waals surface area (Å²) in [6.07, 6.45) is 2.72. The molecule has 2 aromatic rings. The summed E-state index contributed by atoms with van der Waals surface area (Å²) in [7, 11) is 1.90. The van der Waals surface area contributed by atoms with Crippen LogP contribution >= 0.6 is 0 Å². The van der Waals surface area contributed by atoms with Crippen LogP contribution in [0.5, 0.6) is 0 Å². The smallest absolute Gasteiger partial charge is 0.271 e. The number of aromatic nitrogens is 6. The van der Waals surface area contributed by atoms with Crippen LogP contribution in [-0.4, -0.2) is 80.8 Å². The van der Waals surface area contributed by atoms with Gasteiger partial charge in [0.1, 0.15) is 11.4 Å². The molecule has 0 fully saturated rings. The van der Waals surface area contributed by atoms with Gasteiger partial charge in [0.2, 0.25) is 0 Å². The fourth-order valence-corrected chi connectivity index (χ4v) is 1.64. The van der Waals surface area contributed by atoms with Crippen LogP contribution in [0, 0.1) is 0 Å². The van der Waals surface area contributed by atoms with Gasteiger partial charge in [-0.05, 0) is 7.05 Å². The van der Waals surface area contributed by atoms with Crippen molar-refractivity contribution in [2.24, 2.45) is 0 Å². The highest BCUT2D eigenvalue weighted by Gasteiger charge is 2.08. The van der Waals surface area contributed by atoms with Crippen LogP contribution in [0.4, 0.5) is 0 Å². The summed E-state index contributed by atoms with van der Waals surface area (Å²) in [5, 5.41) is 24.5. The number of amides is 2. The minimum atomic E-state index is -0.251. The van der Waals surface area contributed by atoms with E-state index in [1.54, 1.807) is 0 Å². The van der Waals surface area contributed by atoms with Gasteiger partial charge in [0, 0.05) is 26.2 Å². The molecule has 0 aliphatic carbocycles. The fourth-order valence-electron chi connectivity index (χ4n) is 1.64. The summed E-state index contributed by atoms with van der Waals surface area (Å²) < 4.78 is 0. The van der Waals surface area contributed by atoms with E-state index in [1.165, 1.54) is 12.4 Å². The molecule has 0 aliphatic heterocycles. The third-order valence-corrected chi connectivity index (χ3v) is 2.88. The molecule has 0 saturated carbocycles. The molecule has 2 rings (SSSR count). The molecule has 2 heterocycles. The molecule has 0 unspecified atom stereocenters. The van der Waals surface area contributed by atoms with Gasteiger partial charge >= 0.3 is 0 Å². The molecule has 0 radical (unpaired) electrons.